The van der Waals surface area contributed by atoms with Gasteiger partial charge in [0, 0.05) is 81.8 Å². The molecule has 1 unspecified atom stereocenters. The maximum Gasteiger partial charge on any atom is 0.140 e. The summed E-state index contributed by atoms with van der Waals surface area (Å²) >= 11 is 0. The molecule has 0 spiro atoms. The number of hydrogen-bond donors (Lipinski definition) is 2. The summed E-state index contributed by atoms with van der Waals surface area (Å²) in [5.41, 5.74) is 12.6. The van der Waals surface area contributed by atoms with Crippen LogP contribution in [0.4, 0.5) is 5.82 Å². The third kappa shape index (κ3) is 5.20. The second-order valence-corrected chi connectivity index (χ2v) is 10.0. The summed E-state index contributed by atoms with van der Waals surface area (Å²) in [6, 6.07) is 14.7. The molecule has 0 amide bonds. The zero-order valence-corrected chi connectivity index (χ0v) is 22.7. The molecule has 3 N–H and O–H groups in total. The number of likely N-dealkylation sites (N-methyl/N-ethyl adjacent to an activating group) is 1. The Kier molecular flexibility index (Phi) is 7.05. The molecule has 2 aliphatic heterocycles. The van der Waals surface area contributed by atoms with Crippen LogP contribution in [0.5, 0.6) is 5.75 Å². The number of allylic oxidation sites excluding steroid dienone is 1. The molecule has 10 heteroatoms. The summed E-state index contributed by atoms with van der Waals surface area (Å²) in [5.74, 6) is 1.55. The summed E-state index contributed by atoms with van der Waals surface area (Å²) < 4.78 is 8.08. The number of imidazole rings is 1. The number of aliphatic imine (C=N–C) groups is 1. The average molecular weight is 536 g/mol. The molecule has 3 aromatic heterocycles. The molecular weight excluding hydrogens is 502 g/mol. The van der Waals surface area contributed by atoms with Crippen LogP contribution in [-0.4, -0.2) is 75.2 Å². The minimum atomic E-state index is 0.585. The molecule has 0 saturated carbocycles. The van der Waals surface area contributed by atoms with Crippen molar-refractivity contribution in [2.75, 3.05) is 39.1 Å². The lowest BCUT2D eigenvalue weighted by Gasteiger charge is -2.28. The zero-order valence-electron chi connectivity index (χ0n) is 22.7. The fourth-order valence-corrected chi connectivity index (χ4v) is 5.28. The van der Waals surface area contributed by atoms with Gasteiger partial charge in [-0.1, -0.05) is 24.3 Å². The van der Waals surface area contributed by atoms with E-state index >= 15 is 0 Å². The van der Waals surface area contributed by atoms with E-state index in [1.165, 1.54) is 5.70 Å². The summed E-state index contributed by atoms with van der Waals surface area (Å²) in [6.07, 6.45) is 12.1. The number of nitrogens with one attached hydrogen (secondary N) is 1. The minimum absolute atomic E-state index is 0.585. The summed E-state index contributed by atoms with van der Waals surface area (Å²) in [7, 11) is 3.89. The highest BCUT2D eigenvalue weighted by atomic mass is 16.5. The Labute approximate surface area is 233 Å². The van der Waals surface area contributed by atoms with Crippen molar-refractivity contribution in [3.05, 3.63) is 90.4 Å². The van der Waals surface area contributed by atoms with Crippen molar-refractivity contribution in [1.82, 2.24) is 29.2 Å². The molecular formula is C30H33N9O. The molecule has 1 aromatic carbocycles. The van der Waals surface area contributed by atoms with Gasteiger partial charge in [0.15, 0.2) is 0 Å². The number of rotatable bonds is 10. The molecule has 2 bridgehead atoms. The lowest BCUT2D eigenvalue weighted by molar-refractivity contribution is 0.208. The summed E-state index contributed by atoms with van der Waals surface area (Å²) in [4.78, 5) is 22.3. The van der Waals surface area contributed by atoms with E-state index in [0.29, 0.717) is 19.2 Å². The Morgan fingerprint density at radius 3 is 2.80 bits per heavy atom. The first-order valence-corrected chi connectivity index (χ1v) is 13.4. The standard InChI is InChI=1S/C30H33N9O/c1-32-16-23(14-31)22-5-3-21(4-6-22)15-33-29-13-27(35-20-36-29)28-17-34-30-12-26(7-8-39(28)30)40-10-9-38-19-24-11-25(38)18-37(24)2/h3-8,12-14,16-17,19-20,25H,9-11,15,18,31H2,1-2H3,(H,33,35,36)/b23-14+,32-16?. The van der Waals surface area contributed by atoms with Gasteiger partial charge in [-0.25, -0.2) is 15.0 Å². The van der Waals surface area contributed by atoms with E-state index in [9.17, 15) is 0 Å². The van der Waals surface area contributed by atoms with Gasteiger partial charge in [0.1, 0.15) is 30.1 Å². The number of hydrogen-bond acceptors (Lipinski definition) is 9. The van der Waals surface area contributed by atoms with E-state index in [1.54, 1.807) is 25.8 Å². The van der Waals surface area contributed by atoms with Gasteiger partial charge >= 0.3 is 0 Å². The van der Waals surface area contributed by atoms with Crippen molar-refractivity contribution < 1.29 is 4.74 Å². The zero-order chi connectivity index (χ0) is 27.5. The number of nitrogens with zero attached hydrogens (tertiary/aromatic N) is 7. The largest absolute Gasteiger partial charge is 0.492 e. The minimum Gasteiger partial charge on any atom is -0.492 e. The van der Waals surface area contributed by atoms with Crippen LogP contribution in [0.3, 0.4) is 0 Å². The Hall–Kier alpha value is -4.86. The van der Waals surface area contributed by atoms with Gasteiger partial charge < -0.3 is 25.6 Å². The number of benzene rings is 1. The Bertz CT molecular complexity index is 1590. The Morgan fingerprint density at radius 2 is 2.05 bits per heavy atom. The van der Waals surface area contributed by atoms with Gasteiger partial charge in [-0.15, -0.1) is 0 Å². The number of pyridine rings is 1. The molecule has 10 nitrogen and oxygen atoms in total. The van der Waals surface area contributed by atoms with Crippen LogP contribution < -0.4 is 15.8 Å². The fourth-order valence-electron chi connectivity index (χ4n) is 5.28. The van der Waals surface area contributed by atoms with Gasteiger partial charge in [0.25, 0.3) is 0 Å². The lowest BCUT2D eigenvalue weighted by atomic mass is 10.1. The Balaban J connectivity index is 1.08. The molecule has 40 heavy (non-hydrogen) atoms. The van der Waals surface area contributed by atoms with Gasteiger partial charge in [0.2, 0.25) is 0 Å². The topological polar surface area (TPSA) is 109 Å². The molecule has 0 radical (unpaired) electrons. The highest BCUT2D eigenvalue weighted by Crippen LogP contribution is 2.31. The fraction of sp³-hybridized carbons (Fsp3) is 0.267. The highest BCUT2D eigenvalue weighted by molar-refractivity contribution is 6.09. The summed E-state index contributed by atoms with van der Waals surface area (Å²) in [5, 5.41) is 3.39. The predicted octanol–water partition coefficient (Wildman–Crippen LogP) is 3.64. The van der Waals surface area contributed by atoms with Crippen LogP contribution in [0.1, 0.15) is 17.5 Å². The van der Waals surface area contributed by atoms with Crippen molar-refractivity contribution in [1.29, 1.82) is 0 Å². The number of likely N-dealkylation sites (tertiary alicyclic amines) is 1. The number of aromatic nitrogens is 4. The number of fused-ring (bicyclic) bond motifs is 3. The SMILES string of the molecule is CN=C/C(=C\N)c1ccc(CNc2cc(-c3cnc4cc(OCCN5C=C6CC5CN6C)ccn34)ncn2)cc1. The second kappa shape index (κ2) is 11.1. The van der Waals surface area contributed by atoms with Crippen LogP contribution in [0.2, 0.25) is 0 Å². The van der Waals surface area contributed by atoms with E-state index < -0.39 is 0 Å². The number of nitrogens with two attached hydrogens (primary N) is 1. The van der Waals surface area contributed by atoms with Crippen LogP contribution in [0.15, 0.2) is 84.3 Å². The van der Waals surface area contributed by atoms with Gasteiger partial charge in [-0.05, 0) is 17.2 Å². The van der Waals surface area contributed by atoms with Crippen molar-refractivity contribution in [3.63, 3.8) is 0 Å². The van der Waals surface area contributed by atoms with Crippen LogP contribution in [0, 0.1) is 0 Å². The third-order valence-corrected chi connectivity index (χ3v) is 7.44. The smallest absolute Gasteiger partial charge is 0.140 e. The maximum atomic E-state index is 6.07. The van der Waals surface area contributed by atoms with Gasteiger partial charge in [0.05, 0.1) is 30.2 Å². The lowest BCUT2D eigenvalue weighted by Crippen LogP contribution is -2.37. The van der Waals surface area contributed by atoms with Crippen molar-refractivity contribution >= 4 is 23.3 Å². The molecule has 5 heterocycles. The van der Waals surface area contributed by atoms with E-state index in [0.717, 1.165) is 64.8 Å². The van der Waals surface area contributed by atoms with Crippen molar-refractivity contribution in [2.45, 2.75) is 19.0 Å². The second-order valence-electron chi connectivity index (χ2n) is 10.0. The molecule has 0 aliphatic carbocycles. The molecule has 2 aliphatic rings. The van der Waals surface area contributed by atoms with E-state index in [2.05, 4.69) is 60.4 Å². The number of ether oxygens (including phenoxy) is 1. The first kappa shape index (κ1) is 25.4. The first-order valence-electron chi connectivity index (χ1n) is 13.4. The Morgan fingerprint density at radius 1 is 1.18 bits per heavy atom. The highest BCUT2D eigenvalue weighted by Gasteiger charge is 2.33. The van der Waals surface area contributed by atoms with Crippen molar-refractivity contribution in [3.8, 4) is 17.1 Å². The van der Waals surface area contributed by atoms with Crippen LogP contribution in [-0.2, 0) is 6.54 Å². The maximum absolute atomic E-state index is 6.07. The predicted molar refractivity (Wildman–Crippen MR) is 158 cm³/mol. The average Bonchev–Trinajstić information content (AvgIpc) is 3.69. The van der Waals surface area contributed by atoms with E-state index in [-0.39, 0.29) is 0 Å². The van der Waals surface area contributed by atoms with E-state index in [1.807, 2.05) is 47.1 Å². The summed E-state index contributed by atoms with van der Waals surface area (Å²) in [6.45, 7) is 3.24. The molecule has 4 aromatic rings. The molecule has 1 atom stereocenters. The molecule has 204 valence electrons. The number of anilines is 1. The van der Waals surface area contributed by atoms with Crippen LogP contribution in [0.25, 0.3) is 22.6 Å². The molecule has 1 fully saturated rings. The monoisotopic (exact) mass is 535 g/mol. The van der Waals surface area contributed by atoms with E-state index in [4.69, 9.17) is 10.5 Å². The van der Waals surface area contributed by atoms with Gasteiger partial charge in [-0.3, -0.25) is 9.39 Å². The van der Waals surface area contributed by atoms with Crippen LogP contribution >= 0.6 is 0 Å². The quantitative estimate of drug-likeness (QED) is 0.296. The molecule has 1 saturated heterocycles. The van der Waals surface area contributed by atoms with Gasteiger partial charge in [-0.2, -0.15) is 0 Å². The third-order valence-electron chi connectivity index (χ3n) is 7.44. The first-order chi connectivity index (χ1) is 19.6. The normalized spacial score (nSPS) is 16.8. The van der Waals surface area contributed by atoms with Crippen molar-refractivity contribution in [2.24, 2.45) is 10.7 Å². The molecule has 6 rings (SSSR count).